The number of halogens is 8. The van der Waals surface area contributed by atoms with Crippen molar-refractivity contribution in [2.24, 2.45) is 5.92 Å². The Balaban J connectivity index is 1.84. The Bertz CT molecular complexity index is 1040. The highest BCUT2D eigenvalue weighted by atomic mass is 19.2. The van der Waals surface area contributed by atoms with Crippen LogP contribution < -0.4 is 0 Å². The van der Waals surface area contributed by atoms with Crippen LogP contribution in [0.4, 0.5) is 35.1 Å². The predicted molar refractivity (Wildman–Crippen MR) is 81.2 cm³/mol. The van der Waals surface area contributed by atoms with Crippen molar-refractivity contribution in [3.8, 4) is 0 Å². The third kappa shape index (κ3) is 2.73. The van der Waals surface area contributed by atoms with Gasteiger partial charge < -0.3 is 24.4 Å². The lowest BCUT2D eigenvalue weighted by Crippen LogP contribution is -2.47. The molecule has 6 atom stereocenters. The van der Waals surface area contributed by atoms with Crippen LogP contribution in [-0.4, -0.2) is 53.4 Å². The van der Waals surface area contributed by atoms with E-state index in [4.69, 9.17) is 14.2 Å². The summed E-state index contributed by atoms with van der Waals surface area (Å²) in [6, 6.07) is 0. The lowest BCUT2D eigenvalue weighted by Gasteiger charge is -2.36. The summed E-state index contributed by atoms with van der Waals surface area (Å²) in [5.74, 6) is -22.7. The van der Waals surface area contributed by atoms with Crippen LogP contribution in [0.3, 0.4) is 0 Å². The van der Waals surface area contributed by atoms with E-state index >= 15 is 0 Å². The van der Waals surface area contributed by atoms with Crippen molar-refractivity contribution in [3.63, 3.8) is 0 Å². The van der Waals surface area contributed by atoms with E-state index in [2.05, 4.69) is 0 Å². The van der Waals surface area contributed by atoms with Gasteiger partial charge in [0.25, 0.3) is 0 Å². The van der Waals surface area contributed by atoms with Crippen LogP contribution in [0.1, 0.15) is 5.56 Å². The van der Waals surface area contributed by atoms with Gasteiger partial charge >= 0.3 is 0 Å². The van der Waals surface area contributed by atoms with Gasteiger partial charge in [0.2, 0.25) is 18.0 Å². The zero-order chi connectivity index (χ0) is 22.6. The van der Waals surface area contributed by atoms with E-state index in [0.717, 1.165) is 0 Å². The Kier molecular flexibility index (Phi) is 4.35. The molecule has 31 heavy (non-hydrogen) atoms. The summed E-state index contributed by atoms with van der Waals surface area (Å²) in [4.78, 5) is 0. The Hall–Kier alpha value is -2.06. The first-order valence-electron chi connectivity index (χ1n) is 8.81. The number of aliphatic hydroxyl groups is 2. The van der Waals surface area contributed by atoms with Crippen molar-refractivity contribution in [1.82, 2.24) is 0 Å². The smallest absolute Gasteiger partial charge is 0.229 e. The Morgan fingerprint density at radius 3 is 2.00 bits per heavy atom. The van der Waals surface area contributed by atoms with Crippen molar-refractivity contribution in [2.75, 3.05) is 6.61 Å². The van der Waals surface area contributed by atoms with E-state index in [0.29, 0.717) is 0 Å². The first-order valence-corrected chi connectivity index (χ1v) is 8.81. The molecule has 0 bridgehead atoms. The van der Waals surface area contributed by atoms with Crippen LogP contribution >= 0.6 is 0 Å². The van der Waals surface area contributed by atoms with Gasteiger partial charge in [0.05, 0.1) is 24.2 Å². The second kappa shape index (κ2) is 6.48. The fourth-order valence-electron chi connectivity index (χ4n) is 4.15. The molecule has 0 amide bonds. The molecule has 5 rings (SSSR count). The first-order chi connectivity index (χ1) is 14.5. The van der Waals surface area contributed by atoms with Crippen LogP contribution in [0.15, 0.2) is 17.2 Å². The summed E-state index contributed by atoms with van der Waals surface area (Å²) in [6.07, 6.45) is -7.76. The highest BCUT2D eigenvalue weighted by Gasteiger charge is 2.66. The molecule has 1 aromatic carbocycles. The minimum Gasteiger partial charge on any atom is -0.366 e. The summed E-state index contributed by atoms with van der Waals surface area (Å²) in [5.41, 5.74) is -4.18. The van der Waals surface area contributed by atoms with Gasteiger partial charge in [0.1, 0.15) is 18.3 Å². The van der Waals surface area contributed by atoms with Crippen LogP contribution in [0.5, 0.6) is 0 Å². The molecule has 1 aliphatic carbocycles. The number of benzene rings is 1. The van der Waals surface area contributed by atoms with Gasteiger partial charge in [-0.05, 0) is 5.57 Å². The SMILES string of the molecule is OC1(O)C(F)=C(F)C(c2c(F)c(F)c(F)c(F)c2F)=C2C3OC3C(F)OCC3OC3C21. The van der Waals surface area contributed by atoms with Crippen LogP contribution in [0.2, 0.25) is 0 Å². The summed E-state index contributed by atoms with van der Waals surface area (Å²) in [6.45, 7) is -0.454. The molecular formula is C18H10F8O5. The summed E-state index contributed by atoms with van der Waals surface area (Å²) in [7, 11) is 0. The second-order valence-corrected chi connectivity index (χ2v) is 7.45. The molecule has 168 valence electrons. The molecule has 0 radical (unpaired) electrons. The first kappa shape index (κ1) is 20.8. The van der Waals surface area contributed by atoms with E-state index in [9.17, 15) is 45.3 Å². The zero-order valence-corrected chi connectivity index (χ0v) is 14.8. The van der Waals surface area contributed by atoms with Crippen LogP contribution in [0, 0.1) is 35.0 Å². The predicted octanol–water partition coefficient (Wildman–Crippen LogP) is 2.46. The molecule has 5 nitrogen and oxygen atoms in total. The van der Waals surface area contributed by atoms with E-state index in [1.165, 1.54) is 0 Å². The van der Waals surface area contributed by atoms with E-state index in [1.54, 1.807) is 0 Å². The van der Waals surface area contributed by atoms with E-state index in [-0.39, 0.29) is 0 Å². The largest absolute Gasteiger partial charge is 0.366 e. The van der Waals surface area contributed by atoms with Crippen molar-refractivity contribution in [3.05, 3.63) is 51.9 Å². The van der Waals surface area contributed by atoms with Crippen molar-refractivity contribution >= 4 is 5.57 Å². The third-order valence-corrected chi connectivity index (χ3v) is 5.71. The van der Waals surface area contributed by atoms with Gasteiger partial charge in [0, 0.05) is 5.57 Å². The molecule has 0 saturated carbocycles. The third-order valence-electron chi connectivity index (χ3n) is 5.71. The molecule has 2 N–H and O–H groups in total. The highest BCUT2D eigenvalue weighted by molar-refractivity contribution is 5.84. The molecule has 0 aromatic heterocycles. The minimum absolute atomic E-state index is 0.454. The lowest BCUT2D eigenvalue weighted by molar-refractivity contribution is -0.180. The summed E-state index contributed by atoms with van der Waals surface area (Å²) < 4.78 is 129. The molecule has 13 heteroatoms. The number of epoxide rings is 2. The molecule has 3 fully saturated rings. The Labute approximate surface area is 167 Å². The molecular weight excluding hydrogens is 448 g/mol. The van der Waals surface area contributed by atoms with Crippen molar-refractivity contribution < 1.29 is 59.5 Å². The number of ether oxygens (including phenoxy) is 3. The minimum atomic E-state index is -3.64. The highest BCUT2D eigenvalue weighted by Crippen LogP contribution is 2.57. The number of rotatable bonds is 1. The molecule has 4 aliphatic rings. The van der Waals surface area contributed by atoms with E-state index in [1.807, 2.05) is 0 Å². The standard InChI is InChI=1S/C18H10F8O5/c19-7-5(8(20)11(23)12(24)10(7)22)3-4-6(18(27,28)16(25)9(3)21)13-2(30-13)1-29-17(26)15-14(4)31-15/h2,6,13-15,17,27-28H,1H2. The van der Waals surface area contributed by atoms with Gasteiger partial charge in [-0.15, -0.1) is 0 Å². The Morgan fingerprint density at radius 2 is 1.39 bits per heavy atom. The molecule has 6 unspecified atom stereocenters. The monoisotopic (exact) mass is 458 g/mol. The summed E-state index contributed by atoms with van der Waals surface area (Å²) >= 11 is 0. The molecule has 3 heterocycles. The van der Waals surface area contributed by atoms with Gasteiger partial charge in [-0.25, -0.2) is 35.1 Å². The Morgan fingerprint density at radius 1 is 0.806 bits per heavy atom. The van der Waals surface area contributed by atoms with E-state index < -0.39 is 107 Å². The number of hydrogen-bond donors (Lipinski definition) is 2. The second-order valence-electron chi connectivity index (χ2n) is 7.45. The number of allylic oxidation sites excluding steroid dienone is 2. The normalized spacial score (nSPS) is 36.2. The molecule has 1 aromatic rings. The van der Waals surface area contributed by atoms with Crippen LogP contribution in [0.25, 0.3) is 5.57 Å². The maximum absolute atomic E-state index is 14.9. The van der Waals surface area contributed by atoms with Gasteiger partial charge in [0.15, 0.2) is 34.9 Å². The van der Waals surface area contributed by atoms with Crippen LogP contribution in [-0.2, 0) is 14.2 Å². The van der Waals surface area contributed by atoms with Gasteiger partial charge in [-0.2, -0.15) is 0 Å². The van der Waals surface area contributed by atoms with Crippen molar-refractivity contribution in [2.45, 2.75) is 36.6 Å². The van der Waals surface area contributed by atoms with Gasteiger partial charge in [-0.3, -0.25) is 0 Å². The van der Waals surface area contributed by atoms with Gasteiger partial charge in [-0.1, -0.05) is 0 Å². The molecule has 0 spiro atoms. The topological polar surface area (TPSA) is 74.8 Å². The maximum Gasteiger partial charge on any atom is 0.229 e. The summed E-state index contributed by atoms with van der Waals surface area (Å²) in [5, 5.41) is 20.5. The number of fused-ring (bicyclic) bond motifs is 5. The van der Waals surface area contributed by atoms with Crippen molar-refractivity contribution in [1.29, 1.82) is 0 Å². The fraction of sp³-hybridized carbons (Fsp3) is 0.444. The fourth-order valence-corrected chi connectivity index (χ4v) is 4.15. The molecule has 3 aliphatic heterocycles. The number of alkyl halides is 1. The maximum atomic E-state index is 14.9. The number of hydrogen-bond acceptors (Lipinski definition) is 5. The average Bonchev–Trinajstić information content (AvgIpc) is 3.63. The quantitative estimate of drug-likeness (QED) is 0.223. The average molecular weight is 458 g/mol. The zero-order valence-electron chi connectivity index (χ0n) is 14.8. The molecule has 3 saturated heterocycles. The lowest BCUT2D eigenvalue weighted by atomic mass is 9.74.